The molecule has 0 radical (unpaired) electrons. The average molecular weight is 411 g/mol. The predicted molar refractivity (Wildman–Crippen MR) is 121 cm³/mol. The van der Waals surface area contributed by atoms with Crippen molar-refractivity contribution in [2.45, 2.75) is 86.2 Å². The molecular formula is C27H38O3. The molecule has 2 fully saturated rings. The highest BCUT2D eigenvalue weighted by atomic mass is 16.5. The van der Waals surface area contributed by atoms with Crippen molar-refractivity contribution in [1.82, 2.24) is 0 Å². The Kier molecular flexibility index (Phi) is 5.11. The van der Waals surface area contributed by atoms with Gasteiger partial charge in [-0.25, -0.2) is 0 Å². The van der Waals surface area contributed by atoms with E-state index in [0.29, 0.717) is 17.6 Å². The summed E-state index contributed by atoms with van der Waals surface area (Å²) >= 11 is 0. The molecule has 0 saturated heterocycles. The fourth-order valence-electron chi connectivity index (χ4n) is 7.83. The minimum Gasteiger partial charge on any atom is -0.508 e. The number of rotatable bonds is 2. The van der Waals surface area contributed by atoms with Gasteiger partial charge in [0.1, 0.15) is 11.9 Å². The fourth-order valence-corrected chi connectivity index (χ4v) is 7.83. The second-order valence-electron chi connectivity index (χ2n) is 11.5. The van der Waals surface area contributed by atoms with Gasteiger partial charge in [-0.1, -0.05) is 52.3 Å². The zero-order valence-electron chi connectivity index (χ0n) is 19.5. The Morgan fingerprint density at radius 3 is 2.57 bits per heavy atom. The lowest BCUT2D eigenvalue weighted by Gasteiger charge is -2.65. The number of phenols is 1. The molecule has 0 aromatic heterocycles. The Morgan fingerprint density at radius 2 is 1.90 bits per heavy atom. The zero-order valence-corrected chi connectivity index (χ0v) is 19.5. The van der Waals surface area contributed by atoms with E-state index in [-0.39, 0.29) is 28.3 Å². The van der Waals surface area contributed by atoms with Gasteiger partial charge in [0.2, 0.25) is 0 Å². The molecule has 4 rings (SSSR count). The number of phenolic OH excluding ortho intramolecular Hbond substituents is 1. The topological polar surface area (TPSA) is 46.5 Å². The van der Waals surface area contributed by atoms with Gasteiger partial charge in [0.15, 0.2) is 0 Å². The second-order valence-corrected chi connectivity index (χ2v) is 11.5. The van der Waals surface area contributed by atoms with Crippen molar-refractivity contribution in [3.63, 3.8) is 0 Å². The highest BCUT2D eigenvalue weighted by molar-refractivity contribution is 5.69. The fraction of sp³-hybridized carbons (Fsp3) is 0.667. The van der Waals surface area contributed by atoms with Crippen LogP contribution in [0.3, 0.4) is 0 Å². The Labute approximate surface area is 181 Å². The van der Waals surface area contributed by atoms with Crippen molar-refractivity contribution in [3.8, 4) is 5.75 Å². The molecule has 5 atom stereocenters. The van der Waals surface area contributed by atoms with Crippen LogP contribution < -0.4 is 0 Å². The summed E-state index contributed by atoms with van der Waals surface area (Å²) in [5, 5.41) is 10.2. The van der Waals surface area contributed by atoms with Crippen molar-refractivity contribution in [2.75, 3.05) is 0 Å². The molecule has 0 unspecified atom stereocenters. The van der Waals surface area contributed by atoms with Crippen LogP contribution in [0.1, 0.15) is 84.3 Å². The van der Waals surface area contributed by atoms with E-state index in [1.165, 1.54) is 24.8 Å². The van der Waals surface area contributed by atoms with Gasteiger partial charge in [-0.3, -0.25) is 4.79 Å². The standard InChI is InChI=1S/C27H38O3/c1-17-8-9-19(14-21(17)29)20-10-11-23-26(5,15-20)16-22(30-18(2)28)24-25(3,4)12-7-13-27(23,24)6/h8-10,14,22-24,29H,7,11-13,15-16H2,1-6H3/t22-,23+,24+,26-,27-/m1/s1. The maximum atomic E-state index is 12.1. The number of allylic oxidation sites excluding steroid dienone is 2. The number of aromatic hydroxyl groups is 1. The Balaban J connectivity index is 1.75. The summed E-state index contributed by atoms with van der Waals surface area (Å²) in [6.07, 6.45) is 9.04. The van der Waals surface area contributed by atoms with Crippen LogP contribution in [0.5, 0.6) is 5.75 Å². The molecule has 0 spiro atoms. The second kappa shape index (κ2) is 7.14. The van der Waals surface area contributed by atoms with E-state index in [1.807, 2.05) is 19.1 Å². The molecule has 0 heterocycles. The van der Waals surface area contributed by atoms with Crippen LogP contribution >= 0.6 is 0 Å². The Morgan fingerprint density at radius 1 is 1.17 bits per heavy atom. The Bertz CT molecular complexity index is 882. The molecular weight excluding hydrogens is 372 g/mol. The van der Waals surface area contributed by atoms with Gasteiger partial charge in [-0.2, -0.15) is 0 Å². The van der Waals surface area contributed by atoms with Gasteiger partial charge in [0, 0.05) is 12.8 Å². The molecule has 0 aliphatic heterocycles. The average Bonchev–Trinajstić information content (AvgIpc) is 2.61. The molecule has 2 saturated carbocycles. The number of hydrogen-bond donors (Lipinski definition) is 1. The molecule has 3 aliphatic rings. The molecule has 0 bridgehead atoms. The number of benzene rings is 1. The van der Waals surface area contributed by atoms with Gasteiger partial charge in [-0.05, 0) is 84.0 Å². The van der Waals surface area contributed by atoms with Gasteiger partial charge in [-0.15, -0.1) is 0 Å². The number of carbonyl (C=O) groups excluding carboxylic acids is 1. The van der Waals surface area contributed by atoms with E-state index in [9.17, 15) is 9.90 Å². The lowest BCUT2D eigenvalue weighted by atomic mass is 9.40. The van der Waals surface area contributed by atoms with Crippen LogP contribution in [-0.4, -0.2) is 17.2 Å². The van der Waals surface area contributed by atoms with E-state index >= 15 is 0 Å². The number of hydrogen-bond acceptors (Lipinski definition) is 3. The minimum atomic E-state index is -0.152. The predicted octanol–water partition coefficient (Wildman–Crippen LogP) is 6.67. The van der Waals surface area contributed by atoms with E-state index in [2.05, 4.69) is 39.8 Å². The molecule has 3 aliphatic carbocycles. The smallest absolute Gasteiger partial charge is 0.302 e. The van der Waals surface area contributed by atoms with E-state index in [1.54, 1.807) is 6.92 Å². The van der Waals surface area contributed by atoms with Crippen LogP contribution in [0.15, 0.2) is 24.3 Å². The minimum absolute atomic E-state index is 0.0187. The summed E-state index contributed by atoms with van der Waals surface area (Å²) in [5.41, 5.74) is 3.80. The van der Waals surface area contributed by atoms with Crippen molar-refractivity contribution in [3.05, 3.63) is 35.4 Å². The van der Waals surface area contributed by atoms with Crippen LogP contribution in [-0.2, 0) is 9.53 Å². The van der Waals surface area contributed by atoms with E-state index < -0.39 is 0 Å². The third kappa shape index (κ3) is 3.39. The van der Waals surface area contributed by atoms with Crippen molar-refractivity contribution >= 4 is 11.5 Å². The number of esters is 1. The summed E-state index contributed by atoms with van der Waals surface area (Å²) < 4.78 is 6.05. The van der Waals surface area contributed by atoms with Crippen LogP contribution in [0.4, 0.5) is 0 Å². The molecule has 3 nitrogen and oxygen atoms in total. The van der Waals surface area contributed by atoms with Crippen LogP contribution in [0.2, 0.25) is 0 Å². The summed E-state index contributed by atoms with van der Waals surface area (Å²) in [5.74, 6) is 1.20. The maximum Gasteiger partial charge on any atom is 0.302 e. The molecule has 0 amide bonds. The first-order chi connectivity index (χ1) is 14.0. The lowest BCUT2D eigenvalue weighted by molar-refractivity contribution is -0.204. The largest absolute Gasteiger partial charge is 0.508 e. The number of carbonyl (C=O) groups is 1. The first-order valence-corrected chi connectivity index (χ1v) is 11.6. The molecule has 1 N–H and O–H groups in total. The quantitative estimate of drug-likeness (QED) is 0.554. The first-order valence-electron chi connectivity index (χ1n) is 11.6. The van der Waals surface area contributed by atoms with Crippen molar-refractivity contribution in [1.29, 1.82) is 0 Å². The third-order valence-electron chi connectivity index (χ3n) is 8.86. The summed E-state index contributed by atoms with van der Waals surface area (Å²) in [6.45, 7) is 13.2. The van der Waals surface area contributed by atoms with Crippen molar-refractivity contribution < 1.29 is 14.6 Å². The van der Waals surface area contributed by atoms with Crippen molar-refractivity contribution in [2.24, 2.45) is 28.1 Å². The third-order valence-corrected chi connectivity index (χ3v) is 8.86. The SMILES string of the molecule is CC(=O)O[C@@H]1C[C@@]2(C)CC(c3ccc(C)c(O)c3)=CC[C@@H]2[C@@]2(C)CCCC(C)(C)[C@H]12. The normalized spacial score (nSPS) is 37.5. The number of ether oxygens (including phenoxy) is 1. The zero-order chi connectivity index (χ0) is 21.9. The highest BCUT2D eigenvalue weighted by Gasteiger charge is 2.63. The van der Waals surface area contributed by atoms with E-state index in [4.69, 9.17) is 4.74 Å². The molecule has 3 heteroatoms. The van der Waals surface area contributed by atoms with E-state index in [0.717, 1.165) is 30.4 Å². The molecule has 164 valence electrons. The maximum absolute atomic E-state index is 12.1. The molecule has 1 aromatic rings. The van der Waals surface area contributed by atoms with Gasteiger partial charge in [0.05, 0.1) is 0 Å². The monoisotopic (exact) mass is 410 g/mol. The highest BCUT2D eigenvalue weighted by Crippen LogP contribution is 2.68. The lowest BCUT2D eigenvalue weighted by Crippen LogP contribution is -2.61. The summed E-state index contributed by atoms with van der Waals surface area (Å²) in [6, 6.07) is 6.04. The van der Waals surface area contributed by atoms with Crippen LogP contribution in [0.25, 0.3) is 5.57 Å². The first kappa shape index (κ1) is 21.5. The number of fused-ring (bicyclic) bond motifs is 3. The van der Waals surface area contributed by atoms with Gasteiger partial charge < -0.3 is 9.84 Å². The summed E-state index contributed by atoms with van der Waals surface area (Å²) in [4.78, 5) is 12.1. The van der Waals surface area contributed by atoms with Gasteiger partial charge >= 0.3 is 5.97 Å². The van der Waals surface area contributed by atoms with Crippen LogP contribution in [0, 0.1) is 35.0 Å². The Hall–Kier alpha value is -1.77. The van der Waals surface area contributed by atoms with Gasteiger partial charge in [0.25, 0.3) is 0 Å². The summed E-state index contributed by atoms with van der Waals surface area (Å²) in [7, 11) is 0. The molecule has 30 heavy (non-hydrogen) atoms. The number of aryl methyl sites for hydroxylation is 1. The molecule has 1 aromatic carbocycles.